The predicted octanol–water partition coefficient (Wildman–Crippen LogP) is 0.390. The van der Waals surface area contributed by atoms with Gasteiger partial charge in [0.15, 0.2) is 0 Å². The maximum Gasteiger partial charge on any atom is 0.141 e. The zero-order chi connectivity index (χ0) is 7.11. The van der Waals surface area contributed by atoms with Crippen molar-refractivity contribution in [1.82, 2.24) is 9.97 Å². The first-order valence-corrected chi connectivity index (χ1v) is 2.11. The van der Waals surface area contributed by atoms with E-state index in [1.54, 1.807) is 12.4 Å². The Hall–Kier alpha value is -1.52. The number of hydrogen-bond donors (Lipinski definition) is 2. The van der Waals surface area contributed by atoms with E-state index in [4.69, 9.17) is 10.6 Å². The second kappa shape index (κ2) is 4.63. The molecule has 0 aromatic carbocycles. The highest BCUT2D eigenvalue weighted by Gasteiger charge is 1.74. The summed E-state index contributed by atoms with van der Waals surface area (Å²) in [6.07, 6.45) is 4.63. The van der Waals surface area contributed by atoms with E-state index in [0.717, 1.165) is 0 Å². The van der Waals surface area contributed by atoms with Crippen LogP contribution in [0, 0.1) is 10.5 Å². The van der Waals surface area contributed by atoms with Gasteiger partial charge in [0, 0.05) is 12.4 Å². The van der Waals surface area contributed by atoms with Crippen LogP contribution in [-0.4, -0.2) is 9.97 Å². The molecule has 0 aliphatic heterocycles. The molecule has 3 N–H and O–H groups in total. The molecular weight excluding hydrogens is 120 g/mol. The number of nitroso groups, excluding NO2 is 1. The number of anilines is 1. The summed E-state index contributed by atoms with van der Waals surface area (Å²) >= 11 is 0. The van der Waals surface area contributed by atoms with Crippen LogP contribution in [0.4, 0.5) is 5.82 Å². The Morgan fingerprint density at radius 3 is 2.33 bits per heavy atom. The Balaban J connectivity index is 0.000000291. The molecule has 9 heavy (non-hydrogen) atoms. The Labute approximate surface area is 51.7 Å². The molecule has 0 saturated heterocycles. The molecule has 0 unspecified atom stereocenters. The smallest absolute Gasteiger partial charge is 0.141 e. The summed E-state index contributed by atoms with van der Waals surface area (Å²) in [5.41, 5.74) is 9.68. The van der Waals surface area contributed by atoms with Gasteiger partial charge in [-0.1, -0.05) is 5.59 Å². The monoisotopic (exact) mass is 126 g/mol. The highest BCUT2D eigenvalue weighted by Crippen LogP contribution is 1.84. The standard InChI is InChI=1S/C4H5N3.HNO/c5-4-3-6-1-2-7-4;1-2/h1-3H,(H2,5,7);1H. The van der Waals surface area contributed by atoms with E-state index in [0.29, 0.717) is 5.82 Å². The molecule has 0 spiro atoms. The van der Waals surface area contributed by atoms with E-state index in [1.807, 2.05) is 0 Å². The highest BCUT2D eigenvalue weighted by atomic mass is 16.2. The quantitative estimate of drug-likeness (QED) is 0.492. The van der Waals surface area contributed by atoms with Gasteiger partial charge in [0.2, 0.25) is 0 Å². The van der Waals surface area contributed by atoms with Gasteiger partial charge in [0.25, 0.3) is 0 Å². The molecule has 0 aliphatic rings. The lowest BCUT2D eigenvalue weighted by Gasteiger charge is -1.82. The third-order valence-electron chi connectivity index (χ3n) is 0.583. The summed E-state index contributed by atoms with van der Waals surface area (Å²) in [6.45, 7) is 0. The highest BCUT2D eigenvalue weighted by molar-refractivity contribution is 5.20. The summed E-state index contributed by atoms with van der Waals surface area (Å²) in [4.78, 5) is 14.9. The molecule has 48 valence electrons. The van der Waals surface area contributed by atoms with Crippen molar-refractivity contribution in [2.45, 2.75) is 0 Å². The molecule has 0 fully saturated rings. The third kappa shape index (κ3) is 3.10. The van der Waals surface area contributed by atoms with E-state index >= 15 is 0 Å². The van der Waals surface area contributed by atoms with Crippen LogP contribution in [0.3, 0.4) is 0 Å². The van der Waals surface area contributed by atoms with Gasteiger partial charge in [0.1, 0.15) is 5.82 Å². The van der Waals surface area contributed by atoms with Crippen LogP contribution >= 0.6 is 0 Å². The molecular formula is C4H6N4O. The van der Waals surface area contributed by atoms with Crippen LogP contribution in [0.2, 0.25) is 0 Å². The minimum absolute atomic E-state index is 0.461. The van der Waals surface area contributed by atoms with Crippen LogP contribution in [0.5, 0.6) is 0 Å². The first-order chi connectivity index (χ1) is 4.39. The zero-order valence-electron chi connectivity index (χ0n) is 4.61. The summed E-state index contributed by atoms with van der Waals surface area (Å²) in [5, 5.41) is 0. The van der Waals surface area contributed by atoms with Crippen LogP contribution in [-0.2, 0) is 0 Å². The SMILES string of the molecule is N=O.Nc1cnccn1. The third-order valence-corrected chi connectivity index (χ3v) is 0.583. The summed E-state index contributed by atoms with van der Waals surface area (Å²) < 4.78 is 0. The minimum atomic E-state index is 0.461. The molecule has 0 atom stereocenters. The molecule has 0 saturated carbocycles. The first kappa shape index (κ1) is 7.48. The number of nitrogens with two attached hydrogens (primary N) is 1. The Morgan fingerprint density at radius 1 is 1.44 bits per heavy atom. The minimum Gasteiger partial charge on any atom is -0.382 e. The Kier molecular flexibility index (Phi) is 3.85. The predicted molar refractivity (Wildman–Crippen MR) is 32.5 cm³/mol. The fourth-order valence-electron chi connectivity index (χ4n) is 0.311. The second-order valence-electron chi connectivity index (χ2n) is 1.13. The normalized spacial score (nSPS) is 7.11. The molecule has 1 rings (SSSR count). The Bertz CT molecular complexity index is 154. The van der Waals surface area contributed by atoms with Crippen molar-refractivity contribution in [3.63, 3.8) is 0 Å². The van der Waals surface area contributed by atoms with Crippen molar-refractivity contribution in [3.8, 4) is 0 Å². The zero-order valence-corrected chi connectivity index (χ0v) is 4.61. The van der Waals surface area contributed by atoms with E-state index in [1.165, 1.54) is 6.20 Å². The van der Waals surface area contributed by atoms with E-state index in [2.05, 4.69) is 15.6 Å². The lowest BCUT2D eigenvalue weighted by atomic mass is 10.7. The number of hydrogen-bond acceptors (Lipinski definition) is 5. The van der Waals surface area contributed by atoms with Gasteiger partial charge < -0.3 is 5.73 Å². The molecule has 5 heteroatoms. The van der Waals surface area contributed by atoms with E-state index in [9.17, 15) is 0 Å². The molecule has 1 aromatic heterocycles. The number of nitrogens with zero attached hydrogens (tertiary/aromatic N) is 2. The van der Waals surface area contributed by atoms with Gasteiger partial charge in [-0.2, -0.15) is 4.91 Å². The van der Waals surface area contributed by atoms with Gasteiger partial charge >= 0.3 is 0 Å². The van der Waals surface area contributed by atoms with Crippen molar-refractivity contribution in [1.29, 1.82) is 5.59 Å². The van der Waals surface area contributed by atoms with Gasteiger partial charge in [-0.05, 0) is 0 Å². The van der Waals surface area contributed by atoms with Gasteiger partial charge in [-0.15, -0.1) is 0 Å². The number of nitrogen functional groups attached to an aromatic ring is 1. The topological polar surface area (TPSA) is 92.7 Å². The van der Waals surface area contributed by atoms with E-state index < -0.39 is 0 Å². The molecule has 0 aliphatic carbocycles. The van der Waals surface area contributed by atoms with Crippen LogP contribution < -0.4 is 5.73 Å². The lowest BCUT2D eigenvalue weighted by molar-refractivity contribution is 1.21. The summed E-state index contributed by atoms with van der Waals surface area (Å²) in [5.74, 6) is 0.461. The molecule has 1 heterocycles. The van der Waals surface area contributed by atoms with Gasteiger partial charge in [0.05, 0.1) is 6.20 Å². The van der Waals surface area contributed by atoms with Crippen molar-refractivity contribution in [3.05, 3.63) is 23.5 Å². The first-order valence-electron chi connectivity index (χ1n) is 2.11. The maximum atomic E-state index is 7.50. The Morgan fingerprint density at radius 2 is 2.11 bits per heavy atom. The van der Waals surface area contributed by atoms with Crippen LogP contribution in [0.15, 0.2) is 18.6 Å². The fraction of sp³-hybridized carbons (Fsp3) is 0. The van der Waals surface area contributed by atoms with Gasteiger partial charge in [-0.25, -0.2) is 4.98 Å². The van der Waals surface area contributed by atoms with Crippen LogP contribution in [0.1, 0.15) is 0 Å². The number of nitrogens with one attached hydrogen (secondary N) is 1. The number of aromatic nitrogens is 2. The van der Waals surface area contributed by atoms with Crippen molar-refractivity contribution >= 4 is 5.82 Å². The molecule has 1 aromatic rings. The van der Waals surface area contributed by atoms with Crippen LogP contribution in [0.25, 0.3) is 0 Å². The largest absolute Gasteiger partial charge is 0.382 e. The molecule has 5 nitrogen and oxygen atoms in total. The van der Waals surface area contributed by atoms with E-state index in [-0.39, 0.29) is 0 Å². The summed E-state index contributed by atoms with van der Waals surface area (Å²) in [6, 6.07) is 0. The average molecular weight is 126 g/mol. The fourth-order valence-corrected chi connectivity index (χ4v) is 0.311. The molecule has 0 bridgehead atoms. The number of rotatable bonds is 0. The van der Waals surface area contributed by atoms with Crippen molar-refractivity contribution in [2.24, 2.45) is 0 Å². The molecule has 0 radical (unpaired) electrons. The molecule has 0 amide bonds. The van der Waals surface area contributed by atoms with Gasteiger partial charge in [-0.3, -0.25) is 4.98 Å². The lowest BCUT2D eigenvalue weighted by Crippen LogP contribution is -1.87. The average Bonchev–Trinajstić information content (AvgIpc) is 1.94. The van der Waals surface area contributed by atoms with Crippen molar-refractivity contribution < 1.29 is 0 Å². The maximum absolute atomic E-state index is 7.50. The van der Waals surface area contributed by atoms with Crippen molar-refractivity contribution in [2.75, 3.05) is 5.73 Å². The summed E-state index contributed by atoms with van der Waals surface area (Å²) in [7, 11) is 0. The second-order valence-corrected chi connectivity index (χ2v) is 1.13.